The zero-order valence-electron chi connectivity index (χ0n) is 11.0. The number of pyridine rings is 1. The first kappa shape index (κ1) is 11.7. The fourth-order valence-corrected chi connectivity index (χ4v) is 2.24. The molecule has 3 rings (SSSR count). The van der Waals surface area contributed by atoms with Gasteiger partial charge in [-0.1, -0.05) is 6.07 Å². The van der Waals surface area contributed by atoms with Gasteiger partial charge in [0.2, 0.25) is 0 Å². The van der Waals surface area contributed by atoms with Gasteiger partial charge in [-0.2, -0.15) is 5.10 Å². The van der Waals surface area contributed by atoms with E-state index >= 15 is 0 Å². The van der Waals surface area contributed by atoms with Crippen LogP contribution in [0.2, 0.25) is 0 Å². The molecule has 0 saturated heterocycles. The van der Waals surface area contributed by atoms with Crippen molar-refractivity contribution in [2.24, 2.45) is 0 Å². The largest absolute Gasteiger partial charge is 0.265 e. The summed E-state index contributed by atoms with van der Waals surface area (Å²) >= 11 is 0. The van der Waals surface area contributed by atoms with Gasteiger partial charge in [-0.25, -0.2) is 4.68 Å². The van der Waals surface area contributed by atoms with E-state index in [0.717, 1.165) is 16.8 Å². The highest BCUT2D eigenvalue weighted by Crippen LogP contribution is 2.20. The van der Waals surface area contributed by atoms with E-state index in [1.54, 1.807) is 12.4 Å². The van der Waals surface area contributed by atoms with E-state index in [4.69, 9.17) is 0 Å². The van der Waals surface area contributed by atoms with Crippen molar-refractivity contribution >= 4 is 0 Å². The molecule has 3 nitrogen and oxygen atoms in total. The Balaban J connectivity index is 2.02. The Hall–Kier alpha value is -2.42. The lowest BCUT2D eigenvalue weighted by molar-refractivity contribution is 0.878. The third kappa shape index (κ3) is 2.40. The Morgan fingerprint density at radius 2 is 1.58 bits per heavy atom. The van der Waals surface area contributed by atoms with Crippen LogP contribution in [0.4, 0.5) is 0 Å². The number of hydrogen-bond donors (Lipinski definition) is 0. The van der Waals surface area contributed by atoms with Crippen molar-refractivity contribution in [2.45, 2.75) is 13.8 Å². The van der Waals surface area contributed by atoms with E-state index in [0.29, 0.717) is 0 Å². The third-order valence-corrected chi connectivity index (χ3v) is 3.07. The molecule has 94 valence electrons. The summed E-state index contributed by atoms with van der Waals surface area (Å²) in [6.45, 7) is 4.20. The molecular weight excluding hydrogens is 234 g/mol. The zero-order valence-corrected chi connectivity index (χ0v) is 11.0. The van der Waals surface area contributed by atoms with Crippen molar-refractivity contribution in [1.29, 1.82) is 0 Å². The maximum Gasteiger partial charge on any atom is 0.0651 e. The van der Waals surface area contributed by atoms with Crippen molar-refractivity contribution < 1.29 is 0 Å². The average Bonchev–Trinajstić information content (AvgIpc) is 2.88. The van der Waals surface area contributed by atoms with E-state index in [2.05, 4.69) is 42.1 Å². The van der Waals surface area contributed by atoms with Crippen LogP contribution in [-0.2, 0) is 0 Å². The number of aromatic nitrogens is 3. The van der Waals surface area contributed by atoms with Gasteiger partial charge in [0.05, 0.1) is 11.9 Å². The van der Waals surface area contributed by atoms with Crippen LogP contribution in [0.3, 0.4) is 0 Å². The Morgan fingerprint density at radius 1 is 0.895 bits per heavy atom. The number of aryl methyl sites for hydroxylation is 2. The first-order valence-electron chi connectivity index (χ1n) is 6.26. The summed E-state index contributed by atoms with van der Waals surface area (Å²) in [5.74, 6) is 0. The number of nitrogens with zero attached hydrogens (tertiary/aromatic N) is 3. The molecule has 3 heteroatoms. The van der Waals surface area contributed by atoms with E-state index in [1.165, 1.54) is 11.1 Å². The third-order valence-electron chi connectivity index (χ3n) is 3.07. The van der Waals surface area contributed by atoms with Crippen LogP contribution in [0.15, 0.2) is 55.1 Å². The number of benzene rings is 1. The Kier molecular flexibility index (Phi) is 2.88. The maximum absolute atomic E-state index is 4.44. The second kappa shape index (κ2) is 4.69. The van der Waals surface area contributed by atoms with Crippen LogP contribution in [0, 0.1) is 13.8 Å². The maximum atomic E-state index is 4.44. The topological polar surface area (TPSA) is 30.7 Å². The normalized spacial score (nSPS) is 10.6. The molecule has 2 aromatic heterocycles. The highest BCUT2D eigenvalue weighted by molar-refractivity contribution is 5.61. The second-order valence-electron chi connectivity index (χ2n) is 4.76. The average molecular weight is 249 g/mol. The predicted octanol–water partition coefficient (Wildman–Crippen LogP) is 3.55. The monoisotopic (exact) mass is 249 g/mol. The minimum Gasteiger partial charge on any atom is -0.265 e. The smallest absolute Gasteiger partial charge is 0.0651 e. The molecule has 2 heterocycles. The van der Waals surface area contributed by atoms with Crippen LogP contribution in [-0.4, -0.2) is 14.8 Å². The fraction of sp³-hybridized carbons (Fsp3) is 0.125. The van der Waals surface area contributed by atoms with Gasteiger partial charge >= 0.3 is 0 Å². The SMILES string of the molecule is Cc1cc(C)cc(-n2cc(-c3ccncc3)cn2)c1. The molecule has 0 atom stereocenters. The van der Waals surface area contributed by atoms with Gasteiger partial charge in [-0.3, -0.25) is 4.98 Å². The predicted molar refractivity (Wildman–Crippen MR) is 76.3 cm³/mol. The summed E-state index contributed by atoms with van der Waals surface area (Å²) in [5, 5.41) is 4.44. The molecule has 19 heavy (non-hydrogen) atoms. The fourth-order valence-electron chi connectivity index (χ4n) is 2.24. The molecule has 0 radical (unpaired) electrons. The van der Waals surface area contributed by atoms with Crippen molar-refractivity contribution in [2.75, 3.05) is 0 Å². The Labute approximate surface area is 112 Å². The summed E-state index contributed by atoms with van der Waals surface area (Å²) < 4.78 is 1.91. The Morgan fingerprint density at radius 3 is 2.26 bits per heavy atom. The minimum absolute atomic E-state index is 1.10. The van der Waals surface area contributed by atoms with Gasteiger partial charge in [0.25, 0.3) is 0 Å². The molecule has 0 amide bonds. The standard InChI is InChI=1S/C16H15N3/c1-12-7-13(2)9-16(8-12)19-11-15(10-18-19)14-3-5-17-6-4-14/h3-11H,1-2H3. The van der Waals surface area contributed by atoms with Gasteiger partial charge in [-0.15, -0.1) is 0 Å². The molecule has 0 spiro atoms. The molecule has 3 aromatic rings. The van der Waals surface area contributed by atoms with Crippen LogP contribution < -0.4 is 0 Å². The van der Waals surface area contributed by atoms with Crippen LogP contribution in [0.1, 0.15) is 11.1 Å². The molecular formula is C16H15N3. The second-order valence-corrected chi connectivity index (χ2v) is 4.76. The summed E-state index contributed by atoms with van der Waals surface area (Å²) in [5.41, 5.74) is 5.82. The first-order chi connectivity index (χ1) is 9.22. The minimum atomic E-state index is 1.10. The molecule has 0 N–H and O–H groups in total. The zero-order chi connectivity index (χ0) is 13.2. The van der Waals surface area contributed by atoms with Gasteiger partial charge < -0.3 is 0 Å². The van der Waals surface area contributed by atoms with E-state index in [-0.39, 0.29) is 0 Å². The lowest BCUT2D eigenvalue weighted by Gasteiger charge is -2.04. The van der Waals surface area contributed by atoms with Crippen molar-refractivity contribution in [3.63, 3.8) is 0 Å². The lowest BCUT2D eigenvalue weighted by Crippen LogP contribution is -1.95. The van der Waals surface area contributed by atoms with E-state index in [9.17, 15) is 0 Å². The summed E-state index contributed by atoms with van der Waals surface area (Å²) in [6.07, 6.45) is 7.52. The van der Waals surface area contributed by atoms with Crippen LogP contribution in [0.25, 0.3) is 16.8 Å². The first-order valence-corrected chi connectivity index (χ1v) is 6.26. The van der Waals surface area contributed by atoms with Crippen molar-refractivity contribution in [1.82, 2.24) is 14.8 Å². The van der Waals surface area contributed by atoms with Crippen molar-refractivity contribution in [3.8, 4) is 16.8 Å². The number of hydrogen-bond acceptors (Lipinski definition) is 2. The van der Waals surface area contributed by atoms with Gasteiger partial charge in [-0.05, 0) is 54.8 Å². The van der Waals surface area contributed by atoms with Gasteiger partial charge in [0.15, 0.2) is 0 Å². The van der Waals surface area contributed by atoms with Crippen LogP contribution in [0.5, 0.6) is 0 Å². The molecule has 0 unspecified atom stereocenters. The highest BCUT2D eigenvalue weighted by atomic mass is 15.3. The Bertz CT molecular complexity index is 679. The quantitative estimate of drug-likeness (QED) is 0.695. The molecule has 0 saturated carbocycles. The van der Waals surface area contributed by atoms with E-state index in [1.807, 2.05) is 29.2 Å². The van der Waals surface area contributed by atoms with Gasteiger partial charge in [0, 0.05) is 24.2 Å². The molecule has 0 bridgehead atoms. The van der Waals surface area contributed by atoms with E-state index < -0.39 is 0 Å². The molecule has 0 aliphatic heterocycles. The lowest BCUT2D eigenvalue weighted by atomic mass is 10.1. The summed E-state index contributed by atoms with van der Waals surface area (Å²) in [6, 6.07) is 10.4. The molecule has 0 aliphatic carbocycles. The molecule has 0 aliphatic rings. The molecule has 1 aromatic carbocycles. The molecule has 0 fully saturated rings. The van der Waals surface area contributed by atoms with Gasteiger partial charge in [0.1, 0.15) is 0 Å². The number of rotatable bonds is 2. The van der Waals surface area contributed by atoms with Crippen molar-refractivity contribution in [3.05, 3.63) is 66.2 Å². The summed E-state index contributed by atoms with van der Waals surface area (Å²) in [7, 11) is 0. The summed E-state index contributed by atoms with van der Waals surface area (Å²) in [4.78, 5) is 4.03. The van der Waals surface area contributed by atoms with Crippen LogP contribution >= 0.6 is 0 Å². The highest BCUT2D eigenvalue weighted by Gasteiger charge is 2.04.